The van der Waals surface area contributed by atoms with E-state index in [-0.39, 0.29) is 5.95 Å². The molecule has 3 N–H and O–H groups in total. The molecular formula is C11H12N4O2. The first kappa shape index (κ1) is 11.2. The lowest BCUT2D eigenvalue weighted by molar-refractivity contribution is 0.374. The summed E-state index contributed by atoms with van der Waals surface area (Å²) in [7, 11) is 1.58. The minimum atomic E-state index is 0.289. The van der Waals surface area contributed by atoms with Gasteiger partial charge >= 0.3 is 0 Å². The van der Waals surface area contributed by atoms with Crippen LogP contribution in [0.5, 0.6) is 17.4 Å². The Morgan fingerprint density at radius 3 is 2.65 bits per heavy atom. The highest BCUT2D eigenvalue weighted by atomic mass is 16.5. The van der Waals surface area contributed by atoms with Gasteiger partial charge in [-0.05, 0) is 12.1 Å². The highest BCUT2D eigenvalue weighted by molar-refractivity contribution is 5.41. The van der Waals surface area contributed by atoms with E-state index in [4.69, 9.17) is 15.3 Å². The summed E-state index contributed by atoms with van der Waals surface area (Å²) in [4.78, 5) is 7.92. The van der Waals surface area contributed by atoms with Crippen LogP contribution in [0.1, 0.15) is 0 Å². The molecule has 0 aliphatic rings. The fourth-order valence-corrected chi connectivity index (χ4v) is 1.28. The molecule has 0 atom stereocenters. The third-order valence-electron chi connectivity index (χ3n) is 2.04. The lowest BCUT2D eigenvalue weighted by Gasteiger charge is -2.09. The molecule has 6 heteroatoms. The van der Waals surface area contributed by atoms with Crippen LogP contribution in [0.3, 0.4) is 0 Å². The van der Waals surface area contributed by atoms with Crippen molar-refractivity contribution in [3.8, 4) is 17.4 Å². The van der Waals surface area contributed by atoms with E-state index in [1.165, 1.54) is 0 Å². The molecule has 2 aromatic rings. The highest BCUT2D eigenvalue weighted by Gasteiger charge is 2.05. The van der Waals surface area contributed by atoms with Gasteiger partial charge in [0.25, 0.3) is 0 Å². The van der Waals surface area contributed by atoms with Gasteiger partial charge in [0.1, 0.15) is 0 Å². The number of para-hydroxylation sites is 2. The molecule has 17 heavy (non-hydrogen) atoms. The Balaban J connectivity index is 2.24. The molecule has 0 bridgehead atoms. The topological polar surface area (TPSA) is 82.3 Å². The first-order valence-electron chi connectivity index (χ1n) is 4.94. The van der Waals surface area contributed by atoms with Gasteiger partial charge < -0.3 is 9.47 Å². The summed E-state index contributed by atoms with van der Waals surface area (Å²) in [5.41, 5.74) is 2.35. The largest absolute Gasteiger partial charge is 0.493 e. The number of rotatable bonds is 4. The van der Waals surface area contributed by atoms with Gasteiger partial charge in [-0.15, -0.1) is 0 Å². The molecule has 0 unspecified atom stereocenters. The van der Waals surface area contributed by atoms with Crippen molar-refractivity contribution < 1.29 is 9.47 Å². The molecule has 0 amide bonds. The van der Waals surface area contributed by atoms with Gasteiger partial charge in [-0.2, -0.15) is 4.98 Å². The Bertz CT molecular complexity index is 504. The van der Waals surface area contributed by atoms with Crippen LogP contribution in [0.15, 0.2) is 36.5 Å². The summed E-state index contributed by atoms with van der Waals surface area (Å²) in [5.74, 6) is 7.10. The molecule has 88 valence electrons. The lowest BCUT2D eigenvalue weighted by Crippen LogP contribution is -2.10. The molecule has 0 fully saturated rings. The van der Waals surface area contributed by atoms with Crippen LogP contribution in [0.25, 0.3) is 0 Å². The van der Waals surface area contributed by atoms with Crippen LogP contribution in [-0.2, 0) is 0 Å². The van der Waals surface area contributed by atoms with E-state index in [0.717, 1.165) is 0 Å². The number of ether oxygens (including phenoxy) is 2. The van der Waals surface area contributed by atoms with Crippen LogP contribution in [0, 0.1) is 0 Å². The number of anilines is 1. The van der Waals surface area contributed by atoms with E-state index in [1.807, 2.05) is 12.1 Å². The third kappa shape index (κ3) is 2.61. The molecule has 0 saturated heterocycles. The molecule has 6 nitrogen and oxygen atoms in total. The average Bonchev–Trinajstić information content (AvgIpc) is 2.39. The first-order valence-corrected chi connectivity index (χ1v) is 4.94. The van der Waals surface area contributed by atoms with E-state index < -0.39 is 0 Å². The van der Waals surface area contributed by atoms with Crippen LogP contribution in [0.4, 0.5) is 5.95 Å². The minimum Gasteiger partial charge on any atom is -0.493 e. The third-order valence-corrected chi connectivity index (χ3v) is 2.04. The summed E-state index contributed by atoms with van der Waals surface area (Å²) in [5, 5.41) is 0. The lowest BCUT2D eigenvalue weighted by atomic mass is 10.3. The summed E-state index contributed by atoms with van der Waals surface area (Å²) in [6, 6.07) is 8.93. The summed E-state index contributed by atoms with van der Waals surface area (Å²) >= 11 is 0. The van der Waals surface area contributed by atoms with Gasteiger partial charge in [-0.1, -0.05) is 12.1 Å². The standard InChI is InChI=1S/C11H12N4O2/c1-16-8-4-2-3-5-9(8)17-10-6-7-13-11(14-10)15-12/h2-7H,12H2,1H3,(H,13,14,15). The highest BCUT2D eigenvalue weighted by Crippen LogP contribution is 2.29. The maximum Gasteiger partial charge on any atom is 0.240 e. The van der Waals surface area contributed by atoms with Crippen molar-refractivity contribution in [1.29, 1.82) is 0 Å². The Labute approximate surface area is 98.4 Å². The minimum absolute atomic E-state index is 0.289. The smallest absolute Gasteiger partial charge is 0.240 e. The zero-order valence-electron chi connectivity index (χ0n) is 9.25. The monoisotopic (exact) mass is 232 g/mol. The molecule has 2 rings (SSSR count). The zero-order valence-corrected chi connectivity index (χ0v) is 9.25. The Hall–Kier alpha value is -2.34. The second-order valence-corrected chi connectivity index (χ2v) is 3.12. The van der Waals surface area contributed by atoms with E-state index in [2.05, 4.69) is 15.4 Å². The summed E-state index contributed by atoms with van der Waals surface area (Å²) in [6.07, 6.45) is 1.55. The van der Waals surface area contributed by atoms with Crippen molar-refractivity contribution in [3.63, 3.8) is 0 Å². The van der Waals surface area contributed by atoms with E-state index >= 15 is 0 Å². The number of hydrogen-bond acceptors (Lipinski definition) is 6. The zero-order chi connectivity index (χ0) is 12.1. The van der Waals surface area contributed by atoms with Crippen LogP contribution < -0.4 is 20.7 Å². The fourth-order valence-electron chi connectivity index (χ4n) is 1.28. The molecule has 0 aliphatic heterocycles. The van der Waals surface area contributed by atoms with Gasteiger partial charge in [0.05, 0.1) is 7.11 Å². The number of nitrogens with zero attached hydrogens (tertiary/aromatic N) is 2. The van der Waals surface area contributed by atoms with Gasteiger partial charge in [0.2, 0.25) is 11.8 Å². The molecule has 0 radical (unpaired) electrons. The van der Waals surface area contributed by atoms with Gasteiger partial charge in [0.15, 0.2) is 11.5 Å². The van der Waals surface area contributed by atoms with E-state index in [1.54, 1.807) is 31.5 Å². The Morgan fingerprint density at radius 2 is 1.94 bits per heavy atom. The number of nitrogens with one attached hydrogen (secondary N) is 1. The number of nitrogens with two attached hydrogens (primary N) is 1. The number of benzene rings is 1. The van der Waals surface area contributed by atoms with Gasteiger partial charge in [-0.3, -0.25) is 5.43 Å². The van der Waals surface area contributed by atoms with Crippen LogP contribution in [-0.4, -0.2) is 17.1 Å². The van der Waals surface area contributed by atoms with E-state index in [0.29, 0.717) is 17.4 Å². The number of nitrogen functional groups attached to an aromatic ring is 1. The van der Waals surface area contributed by atoms with Crippen molar-refractivity contribution in [2.24, 2.45) is 5.84 Å². The van der Waals surface area contributed by atoms with E-state index in [9.17, 15) is 0 Å². The number of methoxy groups -OCH3 is 1. The van der Waals surface area contributed by atoms with Gasteiger partial charge in [0, 0.05) is 12.3 Å². The average molecular weight is 232 g/mol. The molecule has 0 aliphatic carbocycles. The summed E-state index contributed by atoms with van der Waals surface area (Å²) in [6.45, 7) is 0. The second kappa shape index (κ2) is 5.13. The Morgan fingerprint density at radius 1 is 1.18 bits per heavy atom. The molecule has 0 spiro atoms. The predicted molar refractivity (Wildman–Crippen MR) is 62.9 cm³/mol. The number of hydrogen-bond donors (Lipinski definition) is 2. The van der Waals surface area contributed by atoms with Crippen LogP contribution in [0.2, 0.25) is 0 Å². The van der Waals surface area contributed by atoms with Crippen LogP contribution >= 0.6 is 0 Å². The molecule has 1 aromatic heterocycles. The van der Waals surface area contributed by atoms with Crippen molar-refractivity contribution in [2.75, 3.05) is 12.5 Å². The molecule has 0 saturated carbocycles. The number of hydrazine groups is 1. The Kier molecular flexibility index (Phi) is 3.37. The summed E-state index contributed by atoms with van der Waals surface area (Å²) < 4.78 is 10.7. The first-order chi connectivity index (χ1) is 8.33. The predicted octanol–water partition coefficient (Wildman–Crippen LogP) is 1.56. The van der Waals surface area contributed by atoms with Crippen molar-refractivity contribution in [3.05, 3.63) is 36.5 Å². The van der Waals surface area contributed by atoms with Crippen molar-refractivity contribution in [2.45, 2.75) is 0 Å². The fraction of sp³-hybridized carbons (Fsp3) is 0.0909. The number of aromatic nitrogens is 2. The maximum atomic E-state index is 5.57. The van der Waals surface area contributed by atoms with Gasteiger partial charge in [-0.25, -0.2) is 10.8 Å². The molecular weight excluding hydrogens is 220 g/mol. The van der Waals surface area contributed by atoms with Crippen molar-refractivity contribution >= 4 is 5.95 Å². The quantitative estimate of drug-likeness (QED) is 0.615. The van der Waals surface area contributed by atoms with Crippen molar-refractivity contribution in [1.82, 2.24) is 9.97 Å². The normalized spacial score (nSPS) is 9.76. The second-order valence-electron chi connectivity index (χ2n) is 3.12. The maximum absolute atomic E-state index is 5.57. The SMILES string of the molecule is COc1ccccc1Oc1ccnc(NN)n1. The molecule has 1 aromatic carbocycles. The molecule has 1 heterocycles.